The maximum absolute atomic E-state index is 13.0. The van der Waals surface area contributed by atoms with Crippen LogP contribution < -0.4 is 5.32 Å². The summed E-state index contributed by atoms with van der Waals surface area (Å²) in [5, 5.41) is 3.70. The number of anilines is 1. The Bertz CT molecular complexity index is 741. The molecule has 0 radical (unpaired) electrons. The molecule has 1 aliphatic carbocycles. The molecule has 1 aliphatic rings. The quantitative estimate of drug-likeness (QED) is 0.600. The van der Waals surface area contributed by atoms with Crippen LogP contribution in [0, 0.1) is 0 Å². The first-order valence-corrected chi connectivity index (χ1v) is 10.3. The zero-order valence-electron chi connectivity index (χ0n) is 13.6. The van der Waals surface area contributed by atoms with Gasteiger partial charge < -0.3 is 5.32 Å². The van der Waals surface area contributed by atoms with Crippen molar-refractivity contribution in [2.24, 2.45) is 0 Å². The molecule has 24 heavy (non-hydrogen) atoms. The van der Waals surface area contributed by atoms with E-state index in [2.05, 4.69) is 10.3 Å². The van der Waals surface area contributed by atoms with Gasteiger partial charge in [-0.3, -0.25) is 14.6 Å². The van der Waals surface area contributed by atoms with Crippen LogP contribution in [0.3, 0.4) is 0 Å². The Morgan fingerprint density at radius 2 is 2.08 bits per heavy atom. The first-order valence-electron chi connectivity index (χ1n) is 8.08. The predicted octanol–water partition coefficient (Wildman–Crippen LogP) is 3.94. The first kappa shape index (κ1) is 17.2. The monoisotopic (exact) mass is 360 g/mol. The van der Waals surface area contributed by atoms with Crippen LogP contribution in [0.4, 0.5) is 5.00 Å². The van der Waals surface area contributed by atoms with Crippen molar-refractivity contribution < 1.29 is 9.59 Å². The van der Waals surface area contributed by atoms with Gasteiger partial charge in [0.05, 0.1) is 5.56 Å². The Morgan fingerprint density at radius 3 is 2.83 bits per heavy atom. The van der Waals surface area contributed by atoms with Gasteiger partial charge >= 0.3 is 0 Å². The number of rotatable bonds is 7. The molecular weight excluding hydrogens is 340 g/mol. The molecule has 0 saturated carbocycles. The van der Waals surface area contributed by atoms with Crippen LogP contribution in [0.15, 0.2) is 24.5 Å². The number of thioether (sulfide) groups is 1. The van der Waals surface area contributed by atoms with Crippen LogP contribution in [0.1, 0.15) is 45.6 Å². The molecule has 1 amide bonds. The third kappa shape index (κ3) is 3.70. The number of thiophene rings is 1. The minimum atomic E-state index is -0.0174. The number of nitrogens with zero attached hydrogens (tertiary/aromatic N) is 1. The molecule has 0 aromatic carbocycles. The van der Waals surface area contributed by atoms with E-state index in [1.165, 1.54) is 4.88 Å². The van der Waals surface area contributed by atoms with Crippen molar-refractivity contribution in [2.45, 2.75) is 32.1 Å². The third-order valence-electron chi connectivity index (χ3n) is 4.10. The third-order valence-corrected chi connectivity index (χ3v) is 6.00. The van der Waals surface area contributed by atoms with Gasteiger partial charge in [-0.25, -0.2) is 0 Å². The zero-order valence-corrected chi connectivity index (χ0v) is 15.3. The van der Waals surface area contributed by atoms with Gasteiger partial charge in [0.25, 0.3) is 0 Å². The smallest absolute Gasteiger partial charge is 0.225 e. The van der Waals surface area contributed by atoms with E-state index in [0.29, 0.717) is 17.5 Å². The molecule has 6 heteroatoms. The largest absolute Gasteiger partial charge is 0.317 e. The molecule has 0 spiro atoms. The average Bonchev–Trinajstić information content (AvgIpc) is 3.16. The van der Waals surface area contributed by atoms with Gasteiger partial charge in [-0.1, -0.05) is 0 Å². The number of nitrogens with one attached hydrogen (secondary N) is 1. The number of carbonyl (C=O) groups is 2. The Kier molecular flexibility index (Phi) is 5.68. The van der Waals surface area contributed by atoms with E-state index in [0.717, 1.165) is 42.0 Å². The molecule has 4 nitrogen and oxygen atoms in total. The first-order chi connectivity index (χ1) is 11.7. The topological polar surface area (TPSA) is 59.1 Å². The Morgan fingerprint density at radius 1 is 1.29 bits per heavy atom. The van der Waals surface area contributed by atoms with Crippen molar-refractivity contribution in [3.05, 3.63) is 46.1 Å². The van der Waals surface area contributed by atoms with E-state index in [1.54, 1.807) is 47.6 Å². The predicted molar refractivity (Wildman–Crippen MR) is 100 cm³/mol. The summed E-state index contributed by atoms with van der Waals surface area (Å²) in [4.78, 5) is 30.4. The minimum Gasteiger partial charge on any atom is -0.317 e. The van der Waals surface area contributed by atoms with Gasteiger partial charge in [-0.2, -0.15) is 11.8 Å². The molecule has 2 heterocycles. The van der Waals surface area contributed by atoms with Crippen LogP contribution in [0.25, 0.3) is 0 Å². The summed E-state index contributed by atoms with van der Waals surface area (Å²) < 4.78 is 0. The number of hydrogen-bond donors (Lipinski definition) is 1. The van der Waals surface area contributed by atoms with Crippen LogP contribution in [0.5, 0.6) is 0 Å². The Labute approximate surface area is 150 Å². The molecule has 0 unspecified atom stereocenters. The van der Waals surface area contributed by atoms with Crippen LogP contribution in [-0.2, 0) is 17.6 Å². The molecule has 0 saturated heterocycles. The highest BCUT2D eigenvalue weighted by Gasteiger charge is 2.27. The maximum Gasteiger partial charge on any atom is 0.225 e. The lowest BCUT2D eigenvalue weighted by Crippen LogP contribution is -2.14. The highest BCUT2D eigenvalue weighted by atomic mass is 32.2. The molecule has 3 rings (SSSR count). The van der Waals surface area contributed by atoms with Gasteiger partial charge in [-0.15, -0.1) is 11.3 Å². The highest BCUT2D eigenvalue weighted by Crippen LogP contribution is 2.40. The summed E-state index contributed by atoms with van der Waals surface area (Å²) in [6.07, 6.45) is 9.63. The number of pyridine rings is 1. The number of amides is 1. The Balaban J connectivity index is 1.85. The number of ketones is 1. The summed E-state index contributed by atoms with van der Waals surface area (Å²) in [7, 11) is 0. The second kappa shape index (κ2) is 7.94. The molecule has 0 bridgehead atoms. The lowest BCUT2D eigenvalue weighted by molar-refractivity contribution is -0.116. The molecule has 1 N–H and O–H groups in total. The van der Waals surface area contributed by atoms with Gasteiger partial charge in [-0.05, 0) is 55.4 Å². The fraction of sp³-hybridized carbons (Fsp3) is 0.389. The Hall–Kier alpha value is -1.66. The van der Waals surface area contributed by atoms with E-state index in [1.807, 2.05) is 6.26 Å². The number of carbonyl (C=O) groups excluding carboxylic acids is 2. The maximum atomic E-state index is 13.0. The van der Waals surface area contributed by atoms with Gasteiger partial charge in [0.1, 0.15) is 5.00 Å². The minimum absolute atomic E-state index is 0.00671. The van der Waals surface area contributed by atoms with Crippen molar-refractivity contribution in [3.63, 3.8) is 0 Å². The van der Waals surface area contributed by atoms with Crippen LogP contribution in [0.2, 0.25) is 0 Å². The molecule has 0 atom stereocenters. The number of aromatic nitrogens is 1. The van der Waals surface area contributed by atoms with Crippen molar-refractivity contribution in [1.82, 2.24) is 4.98 Å². The molecule has 0 fully saturated rings. The molecular formula is C18H20N2O2S2. The van der Waals surface area contributed by atoms with E-state index >= 15 is 0 Å². The van der Waals surface area contributed by atoms with Crippen molar-refractivity contribution in [1.29, 1.82) is 0 Å². The van der Waals surface area contributed by atoms with Gasteiger partial charge in [0, 0.05) is 29.3 Å². The summed E-state index contributed by atoms with van der Waals surface area (Å²) in [5.74, 6) is 0.945. The van der Waals surface area contributed by atoms with Crippen LogP contribution in [-0.4, -0.2) is 28.7 Å². The van der Waals surface area contributed by atoms with E-state index in [-0.39, 0.29) is 11.7 Å². The molecule has 0 aliphatic heterocycles. The fourth-order valence-corrected chi connectivity index (χ4v) is 4.68. The van der Waals surface area contributed by atoms with Gasteiger partial charge in [0.15, 0.2) is 5.78 Å². The molecule has 2 aromatic heterocycles. The van der Waals surface area contributed by atoms with E-state index in [4.69, 9.17) is 0 Å². The van der Waals surface area contributed by atoms with Gasteiger partial charge in [0.2, 0.25) is 5.91 Å². The second-order valence-corrected chi connectivity index (χ2v) is 7.86. The second-order valence-electron chi connectivity index (χ2n) is 5.77. The summed E-state index contributed by atoms with van der Waals surface area (Å²) in [6.45, 7) is 0. The van der Waals surface area contributed by atoms with Crippen LogP contribution >= 0.6 is 23.1 Å². The van der Waals surface area contributed by atoms with Crippen molar-refractivity contribution in [2.75, 3.05) is 17.3 Å². The summed E-state index contributed by atoms with van der Waals surface area (Å²) in [5.41, 5.74) is 2.44. The van der Waals surface area contributed by atoms with E-state index < -0.39 is 0 Å². The standard InChI is InChI=1S/C18H20N2O2S2/c1-23-11-3-6-15(21)20-18-16(13-4-2-5-14(13)24-18)17(22)12-7-9-19-10-8-12/h7-10H,2-6,11H2,1H3,(H,20,21). The molecule has 126 valence electrons. The highest BCUT2D eigenvalue weighted by molar-refractivity contribution is 7.98. The average molecular weight is 361 g/mol. The fourth-order valence-electron chi connectivity index (χ4n) is 2.95. The number of hydrogen-bond acceptors (Lipinski definition) is 5. The number of fused-ring (bicyclic) bond motifs is 1. The van der Waals surface area contributed by atoms with E-state index in [9.17, 15) is 9.59 Å². The normalized spacial score (nSPS) is 12.9. The SMILES string of the molecule is CSCCCC(=O)Nc1sc2c(c1C(=O)c1ccncc1)CCC2. The number of aryl methyl sites for hydroxylation is 1. The van der Waals surface area contributed by atoms with Crippen molar-refractivity contribution >= 4 is 39.8 Å². The summed E-state index contributed by atoms with van der Waals surface area (Å²) >= 11 is 3.30. The zero-order chi connectivity index (χ0) is 16.9. The summed E-state index contributed by atoms with van der Waals surface area (Å²) in [6, 6.07) is 3.46. The van der Waals surface area contributed by atoms with Crippen molar-refractivity contribution in [3.8, 4) is 0 Å². The lowest BCUT2D eigenvalue weighted by atomic mass is 10.0. The molecule has 2 aromatic rings. The lowest BCUT2D eigenvalue weighted by Gasteiger charge is -2.08.